The fourth-order valence-electron chi connectivity index (χ4n) is 2.24. The van der Waals surface area contributed by atoms with Crippen molar-refractivity contribution < 1.29 is 9.90 Å². The number of carboxylic acid groups (broad SMARTS) is 1. The Balaban J connectivity index is 0.00000162. The maximum absolute atomic E-state index is 10.8. The molecule has 1 saturated heterocycles. The standard InChI is InChI=1S/C13H18N2O2.Na/c16-13(17)12-4-9-15(10-5-12)8-3-11-1-6-14-7-2-11;/h1-2,6-7,12H,3-5,8-10H2,(H,16,17);. The Bertz CT molecular complexity index is 365. The molecule has 2 rings (SSSR count). The van der Waals surface area contributed by atoms with Gasteiger partial charge in [-0.1, -0.05) is 0 Å². The van der Waals surface area contributed by atoms with E-state index in [4.69, 9.17) is 5.11 Å². The zero-order valence-electron chi connectivity index (χ0n) is 10.9. The van der Waals surface area contributed by atoms with Crippen LogP contribution in [0.3, 0.4) is 0 Å². The molecule has 5 heteroatoms. The quantitative estimate of drug-likeness (QED) is 0.819. The summed E-state index contributed by atoms with van der Waals surface area (Å²) in [4.78, 5) is 17.2. The molecule has 0 atom stereocenters. The summed E-state index contributed by atoms with van der Waals surface area (Å²) in [6, 6.07) is 4.06. The summed E-state index contributed by atoms with van der Waals surface area (Å²) < 4.78 is 0. The van der Waals surface area contributed by atoms with Crippen molar-refractivity contribution in [3.63, 3.8) is 0 Å². The van der Waals surface area contributed by atoms with Crippen LogP contribution in [-0.4, -0.2) is 70.2 Å². The van der Waals surface area contributed by atoms with Crippen molar-refractivity contribution in [2.45, 2.75) is 19.3 Å². The van der Waals surface area contributed by atoms with Gasteiger partial charge < -0.3 is 10.0 Å². The third-order valence-corrected chi connectivity index (χ3v) is 3.40. The van der Waals surface area contributed by atoms with Crippen molar-refractivity contribution >= 4 is 35.5 Å². The molecule has 1 N–H and O–H groups in total. The first kappa shape index (κ1) is 15.6. The number of aromatic nitrogens is 1. The Labute approximate surface area is 130 Å². The molecule has 0 amide bonds. The zero-order valence-corrected chi connectivity index (χ0v) is 12.9. The molecule has 4 nitrogen and oxygen atoms in total. The molecule has 1 aliphatic heterocycles. The molecule has 0 spiro atoms. The Hall–Kier alpha value is -0.420. The van der Waals surface area contributed by atoms with Gasteiger partial charge in [0.2, 0.25) is 0 Å². The first-order chi connectivity index (χ1) is 8.25. The van der Waals surface area contributed by atoms with Crippen molar-refractivity contribution in [2.24, 2.45) is 5.92 Å². The smallest absolute Gasteiger partial charge is 0.306 e. The van der Waals surface area contributed by atoms with Crippen LogP contribution in [0, 0.1) is 5.92 Å². The van der Waals surface area contributed by atoms with Gasteiger partial charge >= 0.3 is 5.97 Å². The van der Waals surface area contributed by atoms with Crippen LogP contribution in [0.2, 0.25) is 0 Å². The minimum Gasteiger partial charge on any atom is -0.481 e. The molecule has 1 radical (unpaired) electrons. The van der Waals surface area contributed by atoms with Crippen molar-refractivity contribution in [3.8, 4) is 0 Å². The predicted octanol–water partition coefficient (Wildman–Crippen LogP) is 1.04. The van der Waals surface area contributed by atoms with E-state index in [0.717, 1.165) is 38.9 Å². The van der Waals surface area contributed by atoms with E-state index in [0.29, 0.717) is 0 Å². The molecule has 0 unspecified atom stereocenters. The van der Waals surface area contributed by atoms with E-state index in [2.05, 4.69) is 9.88 Å². The van der Waals surface area contributed by atoms with Crippen LogP contribution >= 0.6 is 0 Å². The van der Waals surface area contributed by atoms with Gasteiger partial charge in [-0.15, -0.1) is 0 Å². The summed E-state index contributed by atoms with van der Waals surface area (Å²) >= 11 is 0. The number of carboxylic acids is 1. The summed E-state index contributed by atoms with van der Waals surface area (Å²) in [7, 11) is 0. The van der Waals surface area contributed by atoms with Crippen LogP contribution in [0.4, 0.5) is 0 Å². The monoisotopic (exact) mass is 257 g/mol. The molecule has 0 bridgehead atoms. The second-order valence-corrected chi connectivity index (χ2v) is 4.56. The number of carbonyl (C=O) groups is 1. The molecule has 0 aromatic carbocycles. The SMILES string of the molecule is O=C(O)C1CCN(CCc2ccncc2)CC1.[Na]. The van der Waals surface area contributed by atoms with Crippen LogP contribution in [0.25, 0.3) is 0 Å². The predicted molar refractivity (Wildman–Crippen MR) is 70.5 cm³/mol. The number of nitrogens with zero attached hydrogens (tertiary/aromatic N) is 2. The number of pyridine rings is 1. The third-order valence-electron chi connectivity index (χ3n) is 3.40. The Morgan fingerprint density at radius 1 is 1.33 bits per heavy atom. The second-order valence-electron chi connectivity index (χ2n) is 4.56. The fraction of sp³-hybridized carbons (Fsp3) is 0.538. The second kappa shape index (κ2) is 7.89. The Morgan fingerprint density at radius 3 is 2.50 bits per heavy atom. The van der Waals surface area contributed by atoms with Gasteiger partial charge in [-0.2, -0.15) is 0 Å². The van der Waals surface area contributed by atoms with Crippen LogP contribution in [-0.2, 0) is 11.2 Å². The van der Waals surface area contributed by atoms with Crippen molar-refractivity contribution in [2.75, 3.05) is 19.6 Å². The van der Waals surface area contributed by atoms with E-state index >= 15 is 0 Å². The average Bonchev–Trinajstić information content (AvgIpc) is 2.38. The van der Waals surface area contributed by atoms with E-state index in [1.807, 2.05) is 24.5 Å². The Kier molecular flexibility index (Phi) is 6.86. The van der Waals surface area contributed by atoms with Gasteiger partial charge in [-0.05, 0) is 50.0 Å². The van der Waals surface area contributed by atoms with Gasteiger partial charge in [0.1, 0.15) is 0 Å². The van der Waals surface area contributed by atoms with Crippen molar-refractivity contribution in [3.05, 3.63) is 30.1 Å². The number of aliphatic carboxylic acids is 1. The maximum atomic E-state index is 10.8. The maximum Gasteiger partial charge on any atom is 0.306 e. The summed E-state index contributed by atoms with van der Waals surface area (Å²) in [5, 5.41) is 8.91. The largest absolute Gasteiger partial charge is 0.481 e. The van der Waals surface area contributed by atoms with Crippen LogP contribution < -0.4 is 0 Å². The molecule has 1 fully saturated rings. The minimum atomic E-state index is -0.640. The molecule has 1 aromatic rings. The molecule has 18 heavy (non-hydrogen) atoms. The van der Waals surface area contributed by atoms with Crippen LogP contribution in [0.1, 0.15) is 18.4 Å². The van der Waals surface area contributed by atoms with Crippen molar-refractivity contribution in [1.82, 2.24) is 9.88 Å². The van der Waals surface area contributed by atoms with E-state index in [9.17, 15) is 4.79 Å². The van der Waals surface area contributed by atoms with E-state index in [-0.39, 0.29) is 35.5 Å². The van der Waals surface area contributed by atoms with Gasteiger partial charge in [0.15, 0.2) is 0 Å². The summed E-state index contributed by atoms with van der Waals surface area (Å²) in [5.41, 5.74) is 1.29. The van der Waals surface area contributed by atoms with Crippen LogP contribution in [0.5, 0.6) is 0 Å². The van der Waals surface area contributed by atoms with E-state index in [1.54, 1.807) is 0 Å². The average molecular weight is 257 g/mol. The topological polar surface area (TPSA) is 53.4 Å². The third kappa shape index (κ3) is 4.69. The first-order valence-corrected chi connectivity index (χ1v) is 6.10. The number of piperidine rings is 1. The van der Waals surface area contributed by atoms with Gasteiger partial charge in [0.25, 0.3) is 0 Å². The number of likely N-dealkylation sites (tertiary alicyclic amines) is 1. The normalized spacial score (nSPS) is 17.1. The minimum absolute atomic E-state index is 0. The Morgan fingerprint density at radius 2 is 1.94 bits per heavy atom. The molecule has 0 saturated carbocycles. The first-order valence-electron chi connectivity index (χ1n) is 6.10. The molecule has 1 aliphatic rings. The van der Waals surface area contributed by atoms with E-state index < -0.39 is 5.97 Å². The molecule has 0 aliphatic carbocycles. The van der Waals surface area contributed by atoms with Gasteiger partial charge in [-0.25, -0.2) is 0 Å². The molecular formula is C13H18N2NaO2. The van der Waals surface area contributed by atoms with E-state index in [1.165, 1.54) is 5.56 Å². The van der Waals surface area contributed by atoms with Gasteiger partial charge in [0, 0.05) is 48.5 Å². The zero-order chi connectivity index (χ0) is 12.1. The number of rotatable bonds is 4. The molecule has 93 valence electrons. The van der Waals surface area contributed by atoms with Crippen LogP contribution in [0.15, 0.2) is 24.5 Å². The summed E-state index contributed by atoms with van der Waals surface area (Å²) in [5.74, 6) is -0.772. The molecular weight excluding hydrogens is 239 g/mol. The molecule has 2 heterocycles. The number of hydrogen-bond acceptors (Lipinski definition) is 3. The van der Waals surface area contributed by atoms with Gasteiger partial charge in [0.05, 0.1) is 5.92 Å². The number of hydrogen-bond donors (Lipinski definition) is 1. The van der Waals surface area contributed by atoms with Crippen molar-refractivity contribution in [1.29, 1.82) is 0 Å². The summed E-state index contributed by atoms with van der Waals surface area (Å²) in [6.45, 7) is 2.82. The van der Waals surface area contributed by atoms with Gasteiger partial charge in [-0.3, -0.25) is 9.78 Å². The summed E-state index contributed by atoms with van der Waals surface area (Å²) in [6.07, 6.45) is 6.20. The fourth-order valence-corrected chi connectivity index (χ4v) is 2.24. The molecule has 1 aromatic heterocycles.